The summed E-state index contributed by atoms with van der Waals surface area (Å²) >= 11 is 0. The molecule has 4 heteroatoms. The van der Waals surface area contributed by atoms with Crippen LogP contribution in [0.4, 0.5) is 0 Å². The monoisotopic (exact) mass is 198 g/mol. The minimum Gasteiger partial charge on any atom is -0.469 e. The molecule has 0 aromatic heterocycles. The van der Waals surface area contributed by atoms with Gasteiger partial charge in [-0.2, -0.15) is 0 Å². The summed E-state index contributed by atoms with van der Waals surface area (Å²) in [6, 6.07) is 0. The lowest BCUT2D eigenvalue weighted by atomic mass is 10.2. The summed E-state index contributed by atoms with van der Waals surface area (Å²) in [7, 11) is 2.68. The summed E-state index contributed by atoms with van der Waals surface area (Å²) < 4.78 is 8.86. The van der Waals surface area contributed by atoms with Gasteiger partial charge in [-0.05, 0) is 0 Å². The van der Waals surface area contributed by atoms with E-state index in [-0.39, 0.29) is 11.9 Å². The predicted molar refractivity (Wildman–Crippen MR) is 50.3 cm³/mol. The molecule has 0 N–H and O–H groups in total. The maximum atomic E-state index is 10.6. The number of rotatable bonds is 4. The molecule has 0 fully saturated rings. The Hall–Kier alpha value is -1.50. The van der Waals surface area contributed by atoms with Crippen molar-refractivity contribution in [3.05, 3.63) is 0 Å². The first-order valence-corrected chi connectivity index (χ1v) is 4.30. The molecule has 0 aliphatic heterocycles. The van der Waals surface area contributed by atoms with Crippen molar-refractivity contribution >= 4 is 11.9 Å². The second kappa shape index (κ2) is 8.11. The highest BCUT2D eigenvalue weighted by atomic mass is 16.5. The van der Waals surface area contributed by atoms with Gasteiger partial charge in [-0.3, -0.25) is 9.59 Å². The first-order valence-electron chi connectivity index (χ1n) is 4.30. The quantitative estimate of drug-likeness (QED) is 0.497. The van der Waals surface area contributed by atoms with Crippen molar-refractivity contribution in [3.63, 3.8) is 0 Å². The van der Waals surface area contributed by atoms with Crippen molar-refractivity contribution in [1.29, 1.82) is 0 Å². The lowest BCUT2D eigenvalue weighted by Crippen LogP contribution is -1.99. The van der Waals surface area contributed by atoms with Crippen LogP contribution in [0.15, 0.2) is 0 Å². The molecule has 0 aromatic rings. The molecule has 78 valence electrons. The molecule has 0 amide bonds. The number of methoxy groups -OCH3 is 2. The Kier molecular flexibility index (Phi) is 7.24. The smallest absolute Gasteiger partial charge is 0.306 e. The van der Waals surface area contributed by atoms with E-state index in [9.17, 15) is 9.59 Å². The van der Waals surface area contributed by atoms with Gasteiger partial charge in [0.05, 0.1) is 27.1 Å². The van der Waals surface area contributed by atoms with Crippen LogP contribution in [0, 0.1) is 11.8 Å². The molecule has 0 bridgehead atoms. The zero-order valence-corrected chi connectivity index (χ0v) is 8.46. The zero-order valence-electron chi connectivity index (χ0n) is 8.46. The molecule has 0 saturated carbocycles. The minimum absolute atomic E-state index is 0.271. The van der Waals surface area contributed by atoms with Crippen molar-refractivity contribution in [1.82, 2.24) is 0 Å². The Morgan fingerprint density at radius 1 is 0.929 bits per heavy atom. The first kappa shape index (κ1) is 12.5. The highest BCUT2D eigenvalue weighted by Crippen LogP contribution is 1.92. The third kappa shape index (κ3) is 7.17. The molecule has 0 radical (unpaired) electrons. The normalized spacial score (nSPS) is 8.43. The van der Waals surface area contributed by atoms with E-state index in [1.165, 1.54) is 14.2 Å². The van der Waals surface area contributed by atoms with E-state index < -0.39 is 0 Å². The molecule has 0 heterocycles. The predicted octanol–water partition coefficient (Wildman–Crippen LogP) is 0.896. The number of carbonyl (C=O) groups is 2. The molecular formula is C10H14O4. The van der Waals surface area contributed by atoms with E-state index in [2.05, 4.69) is 21.3 Å². The van der Waals surface area contributed by atoms with Crippen LogP contribution in [-0.4, -0.2) is 26.2 Å². The van der Waals surface area contributed by atoms with Crippen molar-refractivity contribution in [2.75, 3.05) is 14.2 Å². The molecule has 0 unspecified atom stereocenters. The van der Waals surface area contributed by atoms with Crippen LogP contribution in [0.5, 0.6) is 0 Å². The SMILES string of the molecule is COC(=O)CCC#CCCC(=O)OC. The molecule has 0 atom stereocenters. The second-order valence-electron chi connectivity index (χ2n) is 2.51. The van der Waals surface area contributed by atoms with Gasteiger partial charge in [-0.15, -0.1) is 11.8 Å². The van der Waals surface area contributed by atoms with Crippen LogP contribution in [0.2, 0.25) is 0 Å². The summed E-state index contributed by atoms with van der Waals surface area (Å²) in [6.07, 6.45) is 1.52. The molecule has 0 aliphatic rings. The third-order valence-electron chi connectivity index (χ3n) is 1.49. The summed E-state index contributed by atoms with van der Waals surface area (Å²) in [6.45, 7) is 0. The maximum Gasteiger partial charge on any atom is 0.306 e. The Bertz CT molecular complexity index is 223. The van der Waals surface area contributed by atoms with E-state index >= 15 is 0 Å². The Morgan fingerprint density at radius 2 is 1.29 bits per heavy atom. The summed E-state index contributed by atoms with van der Waals surface area (Å²) in [4.78, 5) is 21.3. The molecule has 0 aromatic carbocycles. The lowest BCUT2D eigenvalue weighted by molar-refractivity contribution is -0.141. The first-order chi connectivity index (χ1) is 6.70. The van der Waals surface area contributed by atoms with Gasteiger partial charge in [0.2, 0.25) is 0 Å². The van der Waals surface area contributed by atoms with Crippen LogP contribution in [0.25, 0.3) is 0 Å². The largest absolute Gasteiger partial charge is 0.469 e. The van der Waals surface area contributed by atoms with Crippen LogP contribution < -0.4 is 0 Å². The van der Waals surface area contributed by atoms with Crippen LogP contribution in [-0.2, 0) is 19.1 Å². The van der Waals surface area contributed by atoms with E-state index in [1.54, 1.807) is 0 Å². The number of hydrogen-bond acceptors (Lipinski definition) is 4. The summed E-state index contributed by atoms with van der Waals surface area (Å²) in [5.74, 6) is 5.00. The van der Waals surface area contributed by atoms with E-state index in [1.807, 2.05) is 0 Å². The van der Waals surface area contributed by atoms with Crippen molar-refractivity contribution in [2.45, 2.75) is 25.7 Å². The van der Waals surface area contributed by atoms with Crippen LogP contribution in [0.1, 0.15) is 25.7 Å². The van der Waals surface area contributed by atoms with Crippen LogP contribution >= 0.6 is 0 Å². The van der Waals surface area contributed by atoms with Gasteiger partial charge in [0.15, 0.2) is 0 Å². The molecule has 4 nitrogen and oxygen atoms in total. The molecule has 14 heavy (non-hydrogen) atoms. The average molecular weight is 198 g/mol. The Balaban J connectivity index is 3.45. The Labute approximate surface area is 83.6 Å². The zero-order chi connectivity index (χ0) is 10.8. The van der Waals surface area contributed by atoms with Gasteiger partial charge in [-0.1, -0.05) is 0 Å². The fourth-order valence-corrected chi connectivity index (χ4v) is 0.710. The van der Waals surface area contributed by atoms with Gasteiger partial charge in [0, 0.05) is 12.8 Å². The lowest BCUT2D eigenvalue weighted by Gasteiger charge is -1.93. The van der Waals surface area contributed by atoms with E-state index in [0.29, 0.717) is 25.7 Å². The molecular weight excluding hydrogens is 184 g/mol. The highest BCUT2D eigenvalue weighted by molar-refractivity contribution is 5.70. The van der Waals surface area contributed by atoms with E-state index in [0.717, 1.165) is 0 Å². The molecule has 0 saturated heterocycles. The number of ether oxygens (including phenoxy) is 2. The van der Waals surface area contributed by atoms with Crippen molar-refractivity contribution in [3.8, 4) is 11.8 Å². The Morgan fingerprint density at radius 3 is 1.57 bits per heavy atom. The second-order valence-corrected chi connectivity index (χ2v) is 2.51. The standard InChI is InChI=1S/C10H14O4/c1-13-9(11)7-5-3-4-6-8-10(12)14-2/h5-8H2,1-2H3. The third-order valence-corrected chi connectivity index (χ3v) is 1.49. The summed E-state index contributed by atoms with van der Waals surface area (Å²) in [5, 5.41) is 0. The van der Waals surface area contributed by atoms with Gasteiger partial charge >= 0.3 is 11.9 Å². The van der Waals surface area contributed by atoms with Gasteiger partial charge < -0.3 is 9.47 Å². The number of esters is 2. The van der Waals surface area contributed by atoms with Gasteiger partial charge in [0.1, 0.15) is 0 Å². The average Bonchev–Trinajstić information content (AvgIpc) is 2.22. The van der Waals surface area contributed by atoms with Crippen LogP contribution in [0.3, 0.4) is 0 Å². The minimum atomic E-state index is -0.271. The van der Waals surface area contributed by atoms with Gasteiger partial charge in [-0.25, -0.2) is 0 Å². The topological polar surface area (TPSA) is 52.6 Å². The van der Waals surface area contributed by atoms with Gasteiger partial charge in [0.25, 0.3) is 0 Å². The molecule has 0 spiro atoms. The maximum absolute atomic E-state index is 10.6. The number of hydrogen-bond donors (Lipinski definition) is 0. The van der Waals surface area contributed by atoms with E-state index in [4.69, 9.17) is 0 Å². The number of carbonyl (C=O) groups excluding carboxylic acids is 2. The molecule has 0 rings (SSSR count). The molecule has 0 aliphatic carbocycles. The summed E-state index contributed by atoms with van der Waals surface area (Å²) in [5.41, 5.74) is 0. The fraction of sp³-hybridized carbons (Fsp3) is 0.600. The highest BCUT2D eigenvalue weighted by Gasteiger charge is 1.97. The van der Waals surface area contributed by atoms with Crippen molar-refractivity contribution < 1.29 is 19.1 Å². The van der Waals surface area contributed by atoms with Crippen molar-refractivity contribution in [2.24, 2.45) is 0 Å². The fourth-order valence-electron chi connectivity index (χ4n) is 0.710.